The SMILES string of the molecule is C=C(N(CC1CCCCC1)CC1CCC(CO)CC1)N(C)c1ccccc1. The number of aliphatic hydroxyl groups is 1. The molecule has 0 radical (unpaired) electrons. The topological polar surface area (TPSA) is 26.7 Å². The summed E-state index contributed by atoms with van der Waals surface area (Å²) in [6.07, 6.45) is 11.8. The Morgan fingerprint density at radius 1 is 0.889 bits per heavy atom. The van der Waals surface area contributed by atoms with E-state index in [4.69, 9.17) is 0 Å². The molecule has 0 aromatic heterocycles. The molecular weight excluding hydrogens is 332 g/mol. The Morgan fingerprint density at radius 3 is 2.04 bits per heavy atom. The lowest BCUT2D eigenvalue weighted by molar-refractivity contribution is 0.141. The molecule has 0 aliphatic heterocycles. The number of hydrogen-bond acceptors (Lipinski definition) is 3. The summed E-state index contributed by atoms with van der Waals surface area (Å²) < 4.78 is 0. The zero-order chi connectivity index (χ0) is 19.1. The van der Waals surface area contributed by atoms with Gasteiger partial charge in [0.15, 0.2) is 0 Å². The number of aliphatic hydroxyl groups excluding tert-OH is 1. The smallest absolute Gasteiger partial charge is 0.101 e. The third-order valence-electron chi connectivity index (χ3n) is 6.80. The van der Waals surface area contributed by atoms with E-state index in [2.05, 4.69) is 53.8 Å². The Labute approximate surface area is 166 Å². The first-order valence-electron chi connectivity index (χ1n) is 11.0. The fourth-order valence-corrected chi connectivity index (χ4v) is 4.89. The van der Waals surface area contributed by atoms with E-state index in [0.717, 1.165) is 30.7 Å². The van der Waals surface area contributed by atoms with Gasteiger partial charge in [0.25, 0.3) is 0 Å². The number of para-hydroxylation sites is 1. The van der Waals surface area contributed by atoms with Gasteiger partial charge < -0.3 is 14.9 Å². The molecule has 3 heteroatoms. The molecule has 0 bridgehead atoms. The van der Waals surface area contributed by atoms with Gasteiger partial charge in [0.05, 0.1) is 0 Å². The Balaban J connectivity index is 1.65. The summed E-state index contributed by atoms with van der Waals surface area (Å²) in [4.78, 5) is 4.83. The Morgan fingerprint density at radius 2 is 1.44 bits per heavy atom. The van der Waals surface area contributed by atoms with Crippen molar-refractivity contribution in [2.24, 2.45) is 17.8 Å². The zero-order valence-corrected chi connectivity index (χ0v) is 17.2. The van der Waals surface area contributed by atoms with E-state index in [9.17, 15) is 5.11 Å². The molecule has 0 amide bonds. The van der Waals surface area contributed by atoms with Gasteiger partial charge in [0, 0.05) is 32.4 Å². The van der Waals surface area contributed by atoms with Gasteiger partial charge in [0.1, 0.15) is 5.82 Å². The van der Waals surface area contributed by atoms with Crippen molar-refractivity contribution in [3.8, 4) is 0 Å². The van der Waals surface area contributed by atoms with Gasteiger partial charge in [-0.05, 0) is 68.4 Å². The average molecular weight is 371 g/mol. The third kappa shape index (κ3) is 5.75. The second-order valence-electron chi connectivity index (χ2n) is 8.79. The van der Waals surface area contributed by atoms with Crippen LogP contribution in [0.2, 0.25) is 0 Å². The first-order valence-corrected chi connectivity index (χ1v) is 11.0. The molecule has 0 saturated heterocycles. The molecule has 1 aromatic rings. The van der Waals surface area contributed by atoms with Gasteiger partial charge in [-0.2, -0.15) is 0 Å². The minimum absolute atomic E-state index is 0.363. The predicted octanol–water partition coefficient (Wildman–Crippen LogP) is 5.28. The second kappa shape index (κ2) is 10.2. The van der Waals surface area contributed by atoms with Crippen LogP contribution in [0.4, 0.5) is 5.69 Å². The fourth-order valence-electron chi connectivity index (χ4n) is 4.89. The number of benzene rings is 1. The standard InChI is InChI=1S/C24H38N2O/c1-20(25(2)24-11-7-4-8-12-24)26(17-21-9-5-3-6-10-21)18-22-13-15-23(19-27)16-14-22/h4,7-8,11-12,21-23,27H,1,3,5-6,9-10,13-19H2,2H3. The van der Waals surface area contributed by atoms with Crippen molar-refractivity contribution in [2.45, 2.75) is 57.8 Å². The molecule has 1 aromatic carbocycles. The number of nitrogens with zero attached hydrogens (tertiary/aromatic N) is 2. The molecule has 2 fully saturated rings. The van der Waals surface area contributed by atoms with E-state index in [1.54, 1.807) is 0 Å². The van der Waals surface area contributed by atoms with Crippen LogP contribution in [0.1, 0.15) is 57.8 Å². The van der Waals surface area contributed by atoms with Crippen LogP contribution in [0.25, 0.3) is 0 Å². The van der Waals surface area contributed by atoms with Gasteiger partial charge >= 0.3 is 0 Å². The van der Waals surface area contributed by atoms with Gasteiger partial charge in [-0.15, -0.1) is 0 Å². The molecule has 2 aliphatic rings. The summed E-state index contributed by atoms with van der Waals surface area (Å²) in [7, 11) is 2.15. The van der Waals surface area contributed by atoms with Crippen molar-refractivity contribution in [1.29, 1.82) is 0 Å². The molecule has 0 atom stereocenters. The summed E-state index contributed by atoms with van der Waals surface area (Å²) in [5.41, 5.74) is 1.21. The fraction of sp³-hybridized carbons (Fsp3) is 0.667. The second-order valence-corrected chi connectivity index (χ2v) is 8.79. The lowest BCUT2D eigenvalue weighted by Crippen LogP contribution is -2.40. The van der Waals surface area contributed by atoms with E-state index >= 15 is 0 Å². The summed E-state index contributed by atoms with van der Waals surface area (Å²) in [5.74, 6) is 3.21. The van der Waals surface area contributed by atoms with Crippen LogP contribution >= 0.6 is 0 Å². The van der Waals surface area contributed by atoms with Gasteiger partial charge in [-0.3, -0.25) is 0 Å². The van der Waals surface area contributed by atoms with Crippen LogP contribution in [0.15, 0.2) is 42.7 Å². The molecule has 0 unspecified atom stereocenters. The van der Waals surface area contributed by atoms with Crippen LogP contribution in [0, 0.1) is 17.8 Å². The van der Waals surface area contributed by atoms with Crippen molar-refractivity contribution < 1.29 is 5.11 Å². The molecule has 2 saturated carbocycles. The lowest BCUT2D eigenvalue weighted by Gasteiger charge is -2.39. The minimum Gasteiger partial charge on any atom is -0.396 e. The number of hydrogen-bond donors (Lipinski definition) is 1. The monoisotopic (exact) mass is 370 g/mol. The summed E-state index contributed by atoms with van der Waals surface area (Å²) >= 11 is 0. The van der Waals surface area contributed by atoms with E-state index < -0.39 is 0 Å². The van der Waals surface area contributed by atoms with Crippen LogP contribution in [-0.4, -0.2) is 36.8 Å². The molecular formula is C24H38N2O. The number of rotatable bonds is 8. The predicted molar refractivity (Wildman–Crippen MR) is 115 cm³/mol. The van der Waals surface area contributed by atoms with Crippen LogP contribution in [0.5, 0.6) is 0 Å². The Kier molecular flexibility index (Phi) is 7.63. The highest BCUT2D eigenvalue weighted by Crippen LogP contribution is 2.32. The van der Waals surface area contributed by atoms with Crippen LogP contribution < -0.4 is 4.90 Å². The molecule has 1 N–H and O–H groups in total. The molecule has 150 valence electrons. The van der Waals surface area contributed by atoms with Crippen molar-refractivity contribution in [1.82, 2.24) is 4.90 Å². The Hall–Kier alpha value is -1.48. The van der Waals surface area contributed by atoms with Gasteiger partial charge in [0.2, 0.25) is 0 Å². The maximum Gasteiger partial charge on any atom is 0.101 e. The third-order valence-corrected chi connectivity index (χ3v) is 6.80. The average Bonchev–Trinajstić information content (AvgIpc) is 2.74. The maximum absolute atomic E-state index is 9.43. The number of anilines is 1. The molecule has 27 heavy (non-hydrogen) atoms. The molecule has 3 nitrogen and oxygen atoms in total. The molecule has 2 aliphatic carbocycles. The van der Waals surface area contributed by atoms with Crippen LogP contribution in [0.3, 0.4) is 0 Å². The lowest BCUT2D eigenvalue weighted by atomic mass is 9.82. The van der Waals surface area contributed by atoms with E-state index in [1.807, 2.05) is 0 Å². The summed E-state index contributed by atoms with van der Waals surface area (Å²) in [5, 5.41) is 9.43. The summed E-state index contributed by atoms with van der Waals surface area (Å²) in [6, 6.07) is 10.6. The van der Waals surface area contributed by atoms with Gasteiger partial charge in [-0.1, -0.05) is 44.0 Å². The largest absolute Gasteiger partial charge is 0.396 e. The van der Waals surface area contributed by atoms with Crippen molar-refractivity contribution in [3.05, 3.63) is 42.7 Å². The quantitative estimate of drug-likeness (QED) is 0.675. The zero-order valence-electron chi connectivity index (χ0n) is 17.2. The normalized spacial score (nSPS) is 23.8. The van der Waals surface area contributed by atoms with Crippen LogP contribution in [-0.2, 0) is 0 Å². The van der Waals surface area contributed by atoms with E-state index in [1.165, 1.54) is 63.5 Å². The first-order chi connectivity index (χ1) is 13.2. The minimum atomic E-state index is 0.363. The van der Waals surface area contributed by atoms with Gasteiger partial charge in [-0.25, -0.2) is 0 Å². The van der Waals surface area contributed by atoms with Crippen molar-refractivity contribution in [2.75, 3.05) is 31.6 Å². The molecule has 0 heterocycles. The van der Waals surface area contributed by atoms with E-state index in [-0.39, 0.29) is 0 Å². The first kappa shape index (κ1) is 20.3. The van der Waals surface area contributed by atoms with Crippen molar-refractivity contribution >= 4 is 5.69 Å². The maximum atomic E-state index is 9.43. The molecule has 3 rings (SSSR count). The highest BCUT2D eigenvalue weighted by Gasteiger charge is 2.26. The highest BCUT2D eigenvalue weighted by atomic mass is 16.3. The summed E-state index contributed by atoms with van der Waals surface area (Å²) in [6.45, 7) is 7.13. The van der Waals surface area contributed by atoms with E-state index in [0.29, 0.717) is 12.5 Å². The van der Waals surface area contributed by atoms with Crippen molar-refractivity contribution in [3.63, 3.8) is 0 Å². The molecule has 0 spiro atoms. The highest BCUT2D eigenvalue weighted by molar-refractivity contribution is 5.49. The Bertz CT molecular complexity index is 559.